The van der Waals surface area contributed by atoms with E-state index in [1.807, 2.05) is 39.0 Å². The molecule has 2 saturated heterocycles. The summed E-state index contributed by atoms with van der Waals surface area (Å²) in [7, 11) is -4.24. The number of piperazine rings is 1. The van der Waals surface area contributed by atoms with Gasteiger partial charge < -0.3 is 48.7 Å². The van der Waals surface area contributed by atoms with Crippen molar-refractivity contribution in [3.8, 4) is 0 Å². The van der Waals surface area contributed by atoms with Gasteiger partial charge in [-0.2, -0.15) is 38.3 Å². The summed E-state index contributed by atoms with van der Waals surface area (Å²) < 4.78 is 30.7. The number of hydrogen-bond acceptors (Lipinski definition) is 18. The van der Waals surface area contributed by atoms with Gasteiger partial charge in [0.2, 0.25) is 35.7 Å². The lowest BCUT2D eigenvalue weighted by molar-refractivity contribution is 0.263. The van der Waals surface area contributed by atoms with Gasteiger partial charge in [-0.15, -0.1) is 6.58 Å². The van der Waals surface area contributed by atoms with Crippen LogP contribution < -0.4 is 43.8 Å². The maximum absolute atomic E-state index is 10.9. The smallest absolute Gasteiger partial charge is 0.293 e. The summed E-state index contributed by atoms with van der Waals surface area (Å²) in [4.78, 5) is 33.7. The van der Waals surface area contributed by atoms with E-state index in [1.54, 1.807) is 6.08 Å². The van der Waals surface area contributed by atoms with Crippen molar-refractivity contribution in [2.75, 3.05) is 111 Å². The molecular weight excluding hydrogens is 761 g/mol. The zero-order chi connectivity index (χ0) is 43.1. The molecular formula is C38H66N16O3S. The van der Waals surface area contributed by atoms with Crippen molar-refractivity contribution >= 4 is 45.8 Å². The minimum Gasteiger partial charge on any atom is -0.368 e. The number of allylic oxidation sites excluding steroid dienone is 9. The van der Waals surface area contributed by atoms with Gasteiger partial charge in [-0.25, -0.2) is 0 Å². The highest BCUT2D eigenvalue weighted by atomic mass is 32.2. The van der Waals surface area contributed by atoms with Gasteiger partial charge in [0.25, 0.3) is 10.1 Å². The first-order valence-electron chi connectivity index (χ1n) is 19.6. The number of anilines is 6. The molecule has 0 radical (unpaired) electrons. The van der Waals surface area contributed by atoms with Crippen molar-refractivity contribution in [1.82, 2.24) is 39.7 Å². The van der Waals surface area contributed by atoms with Crippen molar-refractivity contribution in [1.29, 1.82) is 0 Å². The third kappa shape index (κ3) is 18.1. The van der Waals surface area contributed by atoms with Gasteiger partial charge >= 0.3 is 0 Å². The summed E-state index contributed by atoms with van der Waals surface area (Å²) in [6, 6.07) is 0. The lowest BCUT2D eigenvalue weighted by atomic mass is 9.92. The van der Waals surface area contributed by atoms with Crippen LogP contribution in [-0.4, -0.2) is 131 Å². The van der Waals surface area contributed by atoms with Crippen LogP contribution in [0, 0.1) is 11.8 Å². The molecule has 4 heterocycles. The van der Waals surface area contributed by atoms with Crippen molar-refractivity contribution in [3.63, 3.8) is 0 Å². The first-order valence-corrected chi connectivity index (χ1v) is 21.0. The van der Waals surface area contributed by atoms with E-state index in [4.69, 9.17) is 33.2 Å². The topological polar surface area (TPSA) is 287 Å². The van der Waals surface area contributed by atoms with Crippen LogP contribution >= 0.6 is 0 Å². The van der Waals surface area contributed by atoms with Gasteiger partial charge in [-0.3, -0.25) is 9.45 Å². The SMILES string of the molecule is C=CC(/C=C/C/C=C\C=C/C(=C)S(=O)(=O)O)C(C)/C=C(\C)Nc1nc(N)nc(N2CCN(CCN)CC2)n1.CC.NCCN1CCCN(c2nc(N)nc(N)n2)CC1. The molecule has 0 aromatic carbocycles. The van der Waals surface area contributed by atoms with Gasteiger partial charge in [0.05, 0.1) is 4.91 Å². The van der Waals surface area contributed by atoms with Crippen LogP contribution in [0.2, 0.25) is 0 Å². The minimum atomic E-state index is -4.24. The van der Waals surface area contributed by atoms with Gasteiger partial charge in [-0.05, 0) is 38.3 Å². The first kappa shape index (κ1) is 49.2. The van der Waals surface area contributed by atoms with Crippen molar-refractivity contribution < 1.29 is 13.0 Å². The predicted molar refractivity (Wildman–Crippen MR) is 237 cm³/mol. The summed E-state index contributed by atoms with van der Waals surface area (Å²) in [5.74, 6) is 2.27. The second kappa shape index (κ2) is 26.1. The number of nitrogens with zero attached hydrogens (tertiary/aromatic N) is 10. The molecule has 0 bridgehead atoms. The zero-order valence-corrected chi connectivity index (χ0v) is 35.4. The van der Waals surface area contributed by atoms with Crippen molar-refractivity contribution in [2.45, 2.75) is 40.5 Å². The van der Waals surface area contributed by atoms with Gasteiger partial charge in [-0.1, -0.05) is 69.9 Å². The Morgan fingerprint density at radius 2 is 1.34 bits per heavy atom. The van der Waals surface area contributed by atoms with E-state index in [1.165, 1.54) is 12.2 Å². The molecule has 0 spiro atoms. The molecule has 58 heavy (non-hydrogen) atoms. The average Bonchev–Trinajstić information content (AvgIpc) is 3.42. The molecule has 2 aliphatic rings. The lowest BCUT2D eigenvalue weighted by Gasteiger charge is -2.34. The van der Waals surface area contributed by atoms with E-state index in [0.717, 1.165) is 77.6 Å². The fourth-order valence-electron chi connectivity index (χ4n) is 5.96. The predicted octanol–water partition coefficient (Wildman–Crippen LogP) is 2.28. The standard InChI is InChI=1S/C26H40N8O3S.C10H20N8.C2H6/c1-5-23(12-10-8-6-7-9-11-22(4)38(35,36)37)20(2)19-21(3)29-25-30-24(28)31-26(32-25)34-17-15-33(14-13-27)16-18-34;11-2-5-17-3-1-4-18(7-6-17)10-15-8(12)14-9(13)16-10;1-2/h5-7,9-12,19-20,23H,1,4,8,13-18,27H2,2-3H3,(H,35,36,37)(H3,28,29,30,31,32);1-7,11H2,(H4,12,13,14,15,16);1-2H3/b7-6-,11-9-,12-10+,21-19+;;. The molecule has 4 rings (SSSR count). The fraction of sp³-hybridized carbons (Fsp3) is 0.526. The maximum atomic E-state index is 10.9. The minimum absolute atomic E-state index is 0.0961. The molecule has 19 nitrogen and oxygen atoms in total. The number of hydrogen-bond donors (Lipinski definition) is 7. The molecule has 0 aliphatic carbocycles. The third-order valence-corrected chi connectivity index (χ3v) is 9.71. The number of aromatic nitrogens is 6. The fourth-order valence-corrected chi connectivity index (χ4v) is 6.21. The number of nitrogens with one attached hydrogen (secondary N) is 1. The molecule has 2 unspecified atom stereocenters. The molecule has 12 N–H and O–H groups in total. The quantitative estimate of drug-likeness (QED) is 0.0684. The van der Waals surface area contributed by atoms with Crippen molar-refractivity contribution in [3.05, 3.63) is 72.4 Å². The largest absolute Gasteiger partial charge is 0.368 e. The highest BCUT2D eigenvalue weighted by Crippen LogP contribution is 2.20. The maximum Gasteiger partial charge on any atom is 0.293 e. The van der Waals surface area contributed by atoms with Crippen molar-refractivity contribution in [2.24, 2.45) is 23.3 Å². The molecule has 0 saturated carbocycles. The molecule has 2 aromatic rings. The zero-order valence-electron chi connectivity index (χ0n) is 34.6. The first-order chi connectivity index (χ1) is 27.7. The second-order valence-electron chi connectivity index (χ2n) is 13.3. The average molecular weight is 827 g/mol. The molecule has 2 aromatic heterocycles. The monoisotopic (exact) mass is 827 g/mol. The Bertz CT molecular complexity index is 1770. The number of nitrogen functional groups attached to an aromatic ring is 3. The summed E-state index contributed by atoms with van der Waals surface area (Å²) >= 11 is 0. The Kier molecular flexibility index (Phi) is 22.1. The summed E-state index contributed by atoms with van der Waals surface area (Å²) in [6.45, 7) is 25.5. The Labute approximate surface area is 344 Å². The summed E-state index contributed by atoms with van der Waals surface area (Å²) in [6.07, 6.45) is 16.0. The Morgan fingerprint density at radius 1 is 0.810 bits per heavy atom. The van der Waals surface area contributed by atoms with Crippen LogP contribution in [-0.2, 0) is 10.1 Å². The molecule has 2 aliphatic heterocycles. The van der Waals surface area contributed by atoms with Crippen LogP contribution in [0.5, 0.6) is 0 Å². The van der Waals surface area contributed by atoms with Crippen LogP contribution in [0.25, 0.3) is 0 Å². The van der Waals surface area contributed by atoms with Crippen LogP contribution in [0.4, 0.5) is 35.7 Å². The normalized spacial score (nSPS) is 17.0. The highest BCUT2D eigenvalue weighted by Gasteiger charge is 2.20. The van der Waals surface area contributed by atoms with E-state index in [2.05, 4.69) is 87.1 Å². The summed E-state index contributed by atoms with van der Waals surface area (Å²) in [5, 5.41) is 3.23. The highest BCUT2D eigenvalue weighted by molar-refractivity contribution is 7.90. The van der Waals surface area contributed by atoms with Gasteiger partial charge in [0.1, 0.15) is 0 Å². The summed E-state index contributed by atoms with van der Waals surface area (Å²) in [5.41, 5.74) is 29.3. The van der Waals surface area contributed by atoms with E-state index in [-0.39, 0.29) is 34.6 Å². The van der Waals surface area contributed by atoms with E-state index < -0.39 is 10.1 Å². The Morgan fingerprint density at radius 3 is 1.90 bits per heavy atom. The second-order valence-corrected chi connectivity index (χ2v) is 14.8. The third-order valence-electron chi connectivity index (χ3n) is 8.91. The molecule has 2 atom stereocenters. The molecule has 322 valence electrons. The molecule has 0 amide bonds. The Hall–Kier alpha value is -4.99. The number of nitrogens with two attached hydrogens (primary N) is 5. The van der Waals surface area contributed by atoms with E-state index >= 15 is 0 Å². The molecule has 20 heteroatoms. The lowest BCUT2D eigenvalue weighted by Crippen LogP contribution is -2.48. The van der Waals surface area contributed by atoms with Crippen LogP contribution in [0.1, 0.15) is 40.5 Å². The van der Waals surface area contributed by atoms with Gasteiger partial charge in [0, 0.05) is 83.6 Å². The van der Waals surface area contributed by atoms with E-state index in [0.29, 0.717) is 37.4 Å². The number of rotatable bonds is 17. The van der Waals surface area contributed by atoms with Gasteiger partial charge in [0.15, 0.2) is 0 Å². The van der Waals surface area contributed by atoms with E-state index in [9.17, 15) is 8.42 Å². The van der Waals surface area contributed by atoms with Crippen LogP contribution in [0.3, 0.4) is 0 Å². The molecule has 2 fully saturated rings. The Balaban J connectivity index is 0.000000480. The van der Waals surface area contributed by atoms with Crippen LogP contribution in [0.15, 0.2) is 72.4 Å².